The van der Waals surface area contributed by atoms with E-state index in [1.165, 1.54) is 19.3 Å². The summed E-state index contributed by atoms with van der Waals surface area (Å²) < 4.78 is 6.66. The van der Waals surface area contributed by atoms with Crippen molar-refractivity contribution in [1.29, 1.82) is 0 Å². The fraction of sp³-hybridized carbons (Fsp3) is 0.394. The van der Waals surface area contributed by atoms with Crippen LogP contribution >= 0.6 is 11.3 Å². The lowest BCUT2D eigenvalue weighted by atomic mass is 9.94. The summed E-state index contributed by atoms with van der Waals surface area (Å²) in [6.07, 6.45) is 3.39. The Bertz CT molecular complexity index is 1590. The van der Waals surface area contributed by atoms with E-state index in [4.69, 9.17) is 4.74 Å². The summed E-state index contributed by atoms with van der Waals surface area (Å²) in [6, 6.07) is 18.9. The molecule has 10 heteroatoms. The SMILES string of the molecule is CCC(C)OC(=O)n1nc(NC(=O)c2ccc(CN3CCCCC3)cc2)c2cc(C(=O)NC(C)(C)c3ccccc3)sc21. The predicted octanol–water partition coefficient (Wildman–Crippen LogP) is 6.78. The number of nitrogens with zero attached hydrogens (tertiary/aromatic N) is 3. The summed E-state index contributed by atoms with van der Waals surface area (Å²) in [5.74, 6) is -0.455. The molecule has 1 atom stereocenters. The van der Waals surface area contributed by atoms with E-state index in [0.717, 1.165) is 46.8 Å². The van der Waals surface area contributed by atoms with Gasteiger partial charge in [-0.3, -0.25) is 14.5 Å². The predicted molar refractivity (Wildman–Crippen MR) is 170 cm³/mol. The molecular weight excluding hydrogens is 562 g/mol. The normalized spacial score (nSPS) is 14.8. The first kappa shape index (κ1) is 30.4. The number of aromatic nitrogens is 2. The molecule has 2 N–H and O–H groups in total. The van der Waals surface area contributed by atoms with Crippen LogP contribution < -0.4 is 10.6 Å². The highest BCUT2D eigenvalue weighted by atomic mass is 32.1. The van der Waals surface area contributed by atoms with Gasteiger partial charge >= 0.3 is 6.09 Å². The van der Waals surface area contributed by atoms with Gasteiger partial charge in [0.25, 0.3) is 11.8 Å². The molecule has 1 aliphatic rings. The van der Waals surface area contributed by atoms with Crippen LogP contribution in [-0.2, 0) is 16.8 Å². The smallest absolute Gasteiger partial charge is 0.436 e. The van der Waals surface area contributed by atoms with Crippen LogP contribution in [0.15, 0.2) is 60.7 Å². The molecule has 2 amide bonds. The Labute approximate surface area is 256 Å². The minimum Gasteiger partial charge on any atom is -0.445 e. The molecule has 0 radical (unpaired) electrons. The highest BCUT2D eigenvalue weighted by Crippen LogP contribution is 2.33. The van der Waals surface area contributed by atoms with E-state index >= 15 is 0 Å². The number of hydrogen-bond acceptors (Lipinski definition) is 7. The molecule has 0 saturated carbocycles. The zero-order valence-corrected chi connectivity index (χ0v) is 26.0. The lowest BCUT2D eigenvalue weighted by molar-refractivity contribution is 0.0915. The molecule has 1 aliphatic heterocycles. The molecule has 3 heterocycles. The van der Waals surface area contributed by atoms with Gasteiger partial charge in [-0.05, 0) is 82.4 Å². The lowest BCUT2D eigenvalue weighted by Gasteiger charge is -2.26. The Morgan fingerprint density at radius 3 is 2.37 bits per heavy atom. The van der Waals surface area contributed by atoms with Gasteiger partial charge in [-0.25, -0.2) is 4.79 Å². The molecule has 43 heavy (non-hydrogen) atoms. The van der Waals surface area contributed by atoms with Gasteiger partial charge in [0, 0.05) is 12.1 Å². The second-order valence-corrected chi connectivity index (χ2v) is 12.7. The number of amides is 2. The van der Waals surface area contributed by atoms with E-state index in [1.54, 1.807) is 25.1 Å². The Balaban J connectivity index is 1.39. The summed E-state index contributed by atoms with van der Waals surface area (Å²) in [6.45, 7) is 10.7. The van der Waals surface area contributed by atoms with Gasteiger partial charge in [0.05, 0.1) is 15.8 Å². The fourth-order valence-corrected chi connectivity index (χ4v) is 6.13. The Morgan fingerprint density at radius 1 is 1.00 bits per heavy atom. The number of ether oxygens (including phenoxy) is 1. The highest BCUT2D eigenvalue weighted by molar-refractivity contribution is 7.20. The van der Waals surface area contributed by atoms with Gasteiger partial charge in [-0.15, -0.1) is 16.4 Å². The van der Waals surface area contributed by atoms with Gasteiger partial charge < -0.3 is 15.4 Å². The summed E-state index contributed by atoms with van der Waals surface area (Å²) in [5, 5.41) is 10.8. The molecule has 0 bridgehead atoms. The van der Waals surface area contributed by atoms with Crippen LogP contribution in [0.3, 0.4) is 0 Å². The Hall–Kier alpha value is -4.02. The van der Waals surface area contributed by atoms with Gasteiger partial charge in [0.15, 0.2) is 5.82 Å². The highest BCUT2D eigenvalue weighted by Gasteiger charge is 2.28. The molecule has 9 nitrogen and oxygen atoms in total. The first-order chi connectivity index (χ1) is 20.6. The number of benzene rings is 2. The largest absolute Gasteiger partial charge is 0.445 e. The zero-order valence-electron chi connectivity index (χ0n) is 25.2. The second kappa shape index (κ2) is 13.1. The third kappa shape index (κ3) is 7.14. The van der Waals surface area contributed by atoms with Crippen LogP contribution in [0.4, 0.5) is 10.6 Å². The molecule has 226 valence electrons. The van der Waals surface area contributed by atoms with Gasteiger partial charge in [0.2, 0.25) is 0 Å². The van der Waals surface area contributed by atoms with Crippen molar-refractivity contribution in [3.63, 3.8) is 0 Å². The molecule has 4 aromatic rings. The van der Waals surface area contributed by atoms with Crippen molar-refractivity contribution < 1.29 is 19.1 Å². The van der Waals surface area contributed by atoms with Crippen molar-refractivity contribution >= 4 is 45.3 Å². The number of anilines is 1. The number of carbonyl (C=O) groups excluding carboxylic acids is 3. The van der Waals surface area contributed by atoms with Crippen LogP contribution in [0.1, 0.15) is 84.5 Å². The molecule has 2 aromatic heterocycles. The molecule has 1 unspecified atom stereocenters. The minimum atomic E-state index is -0.666. The number of hydrogen-bond donors (Lipinski definition) is 2. The molecule has 0 spiro atoms. The fourth-order valence-electron chi connectivity index (χ4n) is 5.13. The monoisotopic (exact) mass is 601 g/mol. The molecule has 0 aliphatic carbocycles. The Kier molecular flexibility index (Phi) is 9.27. The quantitative estimate of drug-likeness (QED) is 0.219. The average Bonchev–Trinajstić information content (AvgIpc) is 3.59. The van der Waals surface area contributed by atoms with Crippen molar-refractivity contribution in [1.82, 2.24) is 20.0 Å². The molecule has 1 saturated heterocycles. The van der Waals surface area contributed by atoms with Crippen LogP contribution in [0.5, 0.6) is 0 Å². The van der Waals surface area contributed by atoms with Crippen LogP contribution in [0.25, 0.3) is 10.2 Å². The molecule has 5 rings (SSSR count). The minimum absolute atomic E-state index is 0.191. The topological polar surface area (TPSA) is 106 Å². The number of likely N-dealkylation sites (tertiary alicyclic amines) is 1. The van der Waals surface area contributed by atoms with E-state index in [-0.39, 0.29) is 23.7 Å². The number of rotatable bonds is 9. The Morgan fingerprint density at radius 2 is 1.70 bits per heavy atom. The standard InChI is InChI=1S/C33H39N5O4S/c1-5-22(2)42-32(41)38-31-26(20-27(43-31)30(40)35-33(3,4)25-12-8-6-9-13-25)28(36-38)34-29(39)24-16-14-23(15-17-24)21-37-18-10-7-11-19-37/h6,8-9,12-17,20,22H,5,7,10-11,18-19,21H2,1-4H3,(H,35,40)(H,34,36,39). The summed E-state index contributed by atoms with van der Waals surface area (Å²) in [7, 11) is 0. The van der Waals surface area contributed by atoms with Crippen molar-refractivity contribution in [3.8, 4) is 0 Å². The molecule has 1 fully saturated rings. The van der Waals surface area contributed by atoms with E-state index < -0.39 is 11.6 Å². The number of nitrogens with one attached hydrogen (secondary N) is 2. The zero-order chi connectivity index (χ0) is 30.6. The first-order valence-corrected chi connectivity index (χ1v) is 15.7. The van der Waals surface area contributed by atoms with Crippen molar-refractivity contribution in [2.75, 3.05) is 18.4 Å². The molecule has 2 aromatic carbocycles. The lowest BCUT2D eigenvalue weighted by Crippen LogP contribution is -2.40. The number of thiophene rings is 1. The number of carbonyl (C=O) groups is 3. The van der Waals surface area contributed by atoms with E-state index in [9.17, 15) is 14.4 Å². The maximum atomic E-state index is 13.4. The number of piperidine rings is 1. The second-order valence-electron chi connectivity index (χ2n) is 11.6. The third-order valence-corrected chi connectivity index (χ3v) is 8.97. The summed E-state index contributed by atoms with van der Waals surface area (Å²) >= 11 is 1.12. The summed E-state index contributed by atoms with van der Waals surface area (Å²) in [5.41, 5.74) is 1.96. The average molecular weight is 602 g/mol. The number of fused-ring (bicyclic) bond motifs is 1. The van der Waals surface area contributed by atoms with Crippen molar-refractivity contribution in [3.05, 3.63) is 82.2 Å². The van der Waals surface area contributed by atoms with Gasteiger partial charge in [-0.1, -0.05) is 55.8 Å². The maximum Gasteiger partial charge on any atom is 0.436 e. The van der Waals surface area contributed by atoms with Crippen molar-refractivity contribution in [2.45, 2.75) is 71.6 Å². The van der Waals surface area contributed by atoms with Crippen molar-refractivity contribution in [2.24, 2.45) is 0 Å². The van der Waals surface area contributed by atoms with E-state index in [0.29, 0.717) is 27.1 Å². The van der Waals surface area contributed by atoms with Crippen LogP contribution in [-0.4, -0.2) is 51.8 Å². The molecular formula is C33H39N5O4S. The maximum absolute atomic E-state index is 13.4. The van der Waals surface area contributed by atoms with Gasteiger partial charge in [-0.2, -0.15) is 4.68 Å². The third-order valence-electron chi connectivity index (χ3n) is 7.86. The van der Waals surface area contributed by atoms with Gasteiger partial charge in [0.1, 0.15) is 10.9 Å². The van der Waals surface area contributed by atoms with E-state index in [2.05, 4.69) is 20.6 Å². The van der Waals surface area contributed by atoms with Crippen LogP contribution in [0.2, 0.25) is 0 Å². The first-order valence-electron chi connectivity index (χ1n) is 14.9. The van der Waals surface area contributed by atoms with Crippen LogP contribution in [0, 0.1) is 0 Å². The summed E-state index contributed by atoms with van der Waals surface area (Å²) in [4.78, 5) is 43.0. The van der Waals surface area contributed by atoms with E-state index in [1.807, 2.05) is 63.2 Å².